The van der Waals surface area contributed by atoms with Crippen molar-refractivity contribution in [1.29, 1.82) is 0 Å². The molecular weight excluding hydrogens is 332 g/mol. The Morgan fingerprint density at radius 2 is 2.12 bits per heavy atom. The van der Waals surface area contributed by atoms with Crippen LogP contribution in [-0.2, 0) is 11.2 Å². The minimum absolute atomic E-state index is 0.0635. The molecule has 0 radical (unpaired) electrons. The van der Waals surface area contributed by atoms with Crippen molar-refractivity contribution in [2.45, 2.75) is 37.9 Å². The van der Waals surface area contributed by atoms with Gasteiger partial charge in [-0.2, -0.15) is 0 Å². The zero-order chi connectivity index (χ0) is 12.1. The van der Waals surface area contributed by atoms with Gasteiger partial charge in [-0.25, -0.2) is 0 Å². The van der Waals surface area contributed by atoms with E-state index in [1.54, 1.807) is 0 Å². The third kappa shape index (κ3) is 4.02. The molecule has 1 atom stereocenters. The number of hydrogen-bond acceptors (Lipinski definition) is 1. The quantitative estimate of drug-likeness (QED) is 0.720. The molecule has 3 heteroatoms. The fourth-order valence-electron chi connectivity index (χ4n) is 1.53. The number of benzene rings is 1. The van der Waals surface area contributed by atoms with E-state index in [1.807, 2.05) is 6.92 Å². The molecule has 0 amide bonds. The molecule has 0 spiro atoms. The summed E-state index contributed by atoms with van der Waals surface area (Å²) in [6, 6.07) is 6.23. The first-order chi connectivity index (χ1) is 7.54. The van der Waals surface area contributed by atoms with Gasteiger partial charge in [0.25, 0.3) is 0 Å². The number of rotatable bonds is 5. The molecule has 0 aliphatic rings. The highest BCUT2D eigenvalue weighted by atomic mass is 79.9. The first-order valence-corrected chi connectivity index (χ1v) is 7.17. The maximum atomic E-state index is 11.7. The summed E-state index contributed by atoms with van der Waals surface area (Å²) in [6.45, 7) is 4.09. The van der Waals surface area contributed by atoms with Gasteiger partial charge in [0, 0.05) is 10.9 Å². The molecule has 1 rings (SSSR count). The predicted molar refractivity (Wildman–Crippen MR) is 75.2 cm³/mol. The van der Waals surface area contributed by atoms with Crippen molar-refractivity contribution in [3.8, 4) is 0 Å². The molecule has 1 nitrogen and oxygen atoms in total. The van der Waals surface area contributed by atoms with Crippen molar-refractivity contribution in [2.75, 3.05) is 0 Å². The Kier molecular flexibility index (Phi) is 5.70. The molecule has 0 heterocycles. The SMILES string of the molecule is CCCC(=O)C(Br)Cc1ccc(C)cc1Br. The number of hydrogen-bond donors (Lipinski definition) is 0. The van der Waals surface area contributed by atoms with Crippen molar-refractivity contribution in [1.82, 2.24) is 0 Å². The number of carbonyl (C=O) groups is 1. The molecule has 0 bridgehead atoms. The van der Waals surface area contributed by atoms with Gasteiger partial charge in [-0.3, -0.25) is 4.79 Å². The van der Waals surface area contributed by atoms with Crippen LogP contribution in [0.1, 0.15) is 30.9 Å². The van der Waals surface area contributed by atoms with Crippen LogP contribution < -0.4 is 0 Å². The summed E-state index contributed by atoms with van der Waals surface area (Å²) >= 11 is 6.99. The van der Waals surface area contributed by atoms with E-state index in [2.05, 4.69) is 57.0 Å². The van der Waals surface area contributed by atoms with Crippen molar-refractivity contribution in [3.63, 3.8) is 0 Å². The molecule has 16 heavy (non-hydrogen) atoms. The van der Waals surface area contributed by atoms with Crippen LogP contribution in [0.25, 0.3) is 0 Å². The Morgan fingerprint density at radius 3 is 2.69 bits per heavy atom. The molecule has 0 N–H and O–H groups in total. The topological polar surface area (TPSA) is 17.1 Å². The summed E-state index contributed by atoms with van der Waals surface area (Å²) in [6.07, 6.45) is 2.31. The molecular formula is C13H16Br2O. The molecule has 0 fully saturated rings. The average molecular weight is 348 g/mol. The average Bonchev–Trinajstić information content (AvgIpc) is 2.22. The van der Waals surface area contributed by atoms with Crippen LogP contribution >= 0.6 is 31.9 Å². The lowest BCUT2D eigenvalue weighted by molar-refractivity contribution is -0.118. The Hall–Kier alpha value is -0.150. The van der Waals surface area contributed by atoms with E-state index in [4.69, 9.17) is 0 Å². The van der Waals surface area contributed by atoms with Crippen molar-refractivity contribution in [2.24, 2.45) is 0 Å². The van der Waals surface area contributed by atoms with Gasteiger partial charge in [0.1, 0.15) is 5.78 Å². The first kappa shape index (κ1) is 13.9. The summed E-state index contributed by atoms with van der Waals surface area (Å²) in [7, 11) is 0. The molecule has 88 valence electrons. The summed E-state index contributed by atoms with van der Waals surface area (Å²) in [5, 5.41) is 0. The second-order valence-corrected chi connectivity index (χ2v) is 5.94. The molecule has 0 aliphatic heterocycles. The fourth-order valence-corrected chi connectivity index (χ4v) is 2.76. The van der Waals surface area contributed by atoms with E-state index >= 15 is 0 Å². The van der Waals surface area contributed by atoms with Gasteiger partial charge in [0.15, 0.2) is 0 Å². The molecule has 1 aromatic rings. The number of aryl methyl sites for hydroxylation is 1. The highest BCUT2D eigenvalue weighted by Gasteiger charge is 2.15. The number of alkyl halides is 1. The maximum Gasteiger partial charge on any atom is 0.146 e. The highest BCUT2D eigenvalue weighted by Crippen LogP contribution is 2.22. The van der Waals surface area contributed by atoms with Gasteiger partial charge in [0.05, 0.1) is 4.83 Å². The molecule has 1 aromatic carbocycles. The van der Waals surface area contributed by atoms with Crippen LogP contribution in [0.2, 0.25) is 0 Å². The van der Waals surface area contributed by atoms with Gasteiger partial charge in [0.2, 0.25) is 0 Å². The third-order valence-corrected chi connectivity index (χ3v) is 4.03. The van der Waals surface area contributed by atoms with Gasteiger partial charge in [-0.1, -0.05) is 50.9 Å². The smallest absolute Gasteiger partial charge is 0.146 e. The first-order valence-electron chi connectivity index (χ1n) is 5.46. The van der Waals surface area contributed by atoms with E-state index in [1.165, 1.54) is 11.1 Å². The van der Waals surface area contributed by atoms with Crippen LogP contribution in [0.15, 0.2) is 22.7 Å². The van der Waals surface area contributed by atoms with E-state index < -0.39 is 0 Å². The van der Waals surface area contributed by atoms with Crippen molar-refractivity contribution < 1.29 is 4.79 Å². The summed E-state index contributed by atoms with van der Waals surface area (Å²) in [5.74, 6) is 0.287. The Morgan fingerprint density at radius 1 is 1.44 bits per heavy atom. The third-order valence-electron chi connectivity index (χ3n) is 2.45. The molecule has 0 saturated heterocycles. The van der Waals surface area contributed by atoms with E-state index in [0.29, 0.717) is 6.42 Å². The van der Waals surface area contributed by atoms with Crippen molar-refractivity contribution in [3.05, 3.63) is 33.8 Å². The monoisotopic (exact) mass is 346 g/mol. The molecule has 0 aromatic heterocycles. The second-order valence-electron chi connectivity index (χ2n) is 3.98. The normalized spacial score (nSPS) is 12.5. The van der Waals surface area contributed by atoms with Gasteiger partial charge < -0.3 is 0 Å². The highest BCUT2D eigenvalue weighted by molar-refractivity contribution is 9.10. The van der Waals surface area contributed by atoms with Gasteiger partial charge >= 0.3 is 0 Å². The molecule has 1 unspecified atom stereocenters. The fraction of sp³-hybridized carbons (Fsp3) is 0.462. The van der Waals surface area contributed by atoms with Crippen LogP contribution in [0.5, 0.6) is 0 Å². The lowest BCUT2D eigenvalue weighted by atomic mass is 10.0. The molecule has 0 aliphatic carbocycles. The second kappa shape index (κ2) is 6.55. The summed E-state index contributed by atoms with van der Waals surface area (Å²) in [5.41, 5.74) is 2.40. The molecule has 0 saturated carbocycles. The van der Waals surface area contributed by atoms with E-state index in [0.717, 1.165) is 17.3 Å². The van der Waals surface area contributed by atoms with Crippen LogP contribution in [-0.4, -0.2) is 10.6 Å². The number of carbonyl (C=O) groups excluding carboxylic acids is 1. The number of halogens is 2. The minimum Gasteiger partial charge on any atom is -0.298 e. The number of ketones is 1. The van der Waals surface area contributed by atoms with E-state index in [9.17, 15) is 4.79 Å². The minimum atomic E-state index is -0.0635. The largest absolute Gasteiger partial charge is 0.298 e. The van der Waals surface area contributed by atoms with Gasteiger partial charge in [-0.15, -0.1) is 0 Å². The lowest BCUT2D eigenvalue weighted by Gasteiger charge is -2.10. The Balaban J connectivity index is 2.69. The van der Waals surface area contributed by atoms with E-state index in [-0.39, 0.29) is 10.6 Å². The lowest BCUT2D eigenvalue weighted by Crippen LogP contribution is -2.16. The Bertz CT molecular complexity index is 374. The maximum absolute atomic E-state index is 11.7. The zero-order valence-corrected chi connectivity index (χ0v) is 12.8. The number of Topliss-reactive ketones (excluding diaryl/α,β-unsaturated/α-hetero) is 1. The van der Waals surface area contributed by atoms with Crippen molar-refractivity contribution >= 4 is 37.6 Å². The van der Waals surface area contributed by atoms with Crippen LogP contribution in [0.4, 0.5) is 0 Å². The van der Waals surface area contributed by atoms with Crippen LogP contribution in [0, 0.1) is 6.92 Å². The predicted octanol–water partition coefficient (Wildman–Crippen LogP) is 4.43. The zero-order valence-electron chi connectivity index (χ0n) is 9.59. The Labute approximate surface area is 114 Å². The summed E-state index contributed by atoms with van der Waals surface area (Å²) < 4.78 is 1.08. The standard InChI is InChI=1S/C13H16Br2O/c1-3-4-13(16)12(15)8-10-6-5-9(2)7-11(10)14/h5-7,12H,3-4,8H2,1-2H3. The van der Waals surface area contributed by atoms with Gasteiger partial charge in [-0.05, 0) is 37.0 Å². The summed E-state index contributed by atoms with van der Waals surface area (Å²) in [4.78, 5) is 11.6. The van der Waals surface area contributed by atoms with Crippen LogP contribution in [0.3, 0.4) is 0 Å².